The van der Waals surface area contributed by atoms with Crippen molar-refractivity contribution in [1.82, 2.24) is 0 Å². The first-order chi connectivity index (χ1) is 12.6. The quantitative estimate of drug-likeness (QED) is 0.514. The third-order valence-electron chi connectivity index (χ3n) is 9.51. The number of carbonyl (C=O) groups is 1. The molecule has 4 fully saturated rings. The van der Waals surface area contributed by atoms with E-state index in [1.54, 1.807) is 0 Å². The largest absolute Gasteiger partial charge is 0.298 e. The van der Waals surface area contributed by atoms with E-state index in [2.05, 4.69) is 13.8 Å². The van der Waals surface area contributed by atoms with Crippen LogP contribution in [0.4, 0.5) is 0 Å². The average molecular weight is 359 g/mol. The van der Waals surface area contributed by atoms with Gasteiger partial charge in [-0.2, -0.15) is 0 Å². The SMILES string of the molecule is CC1CCC(C(=O)C2(C3CCCC3)CCC(C)CC2)(C2CCCC2)CC1. The van der Waals surface area contributed by atoms with Crippen LogP contribution >= 0.6 is 0 Å². The van der Waals surface area contributed by atoms with Gasteiger partial charge in [-0.15, -0.1) is 0 Å². The van der Waals surface area contributed by atoms with Gasteiger partial charge in [0, 0.05) is 10.8 Å². The summed E-state index contributed by atoms with van der Waals surface area (Å²) in [7, 11) is 0. The minimum absolute atomic E-state index is 0.0756. The predicted molar refractivity (Wildman–Crippen MR) is 109 cm³/mol. The normalized spacial score (nSPS) is 43.0. The lowest BCUT2D eigenvalue weighted by Crippen LogP contribution is -2.52. The third kappa shape index (κ3) is 3.20. The molecule has 0 aromatic heterocycles. The number of hydrogen-bond acceptors (Lipinski definition) is 1. The third-order valence-corrected chi connectivity index (χ3v) is 9.51. The molecule has 26 heavy (non-hydrogen) atoms. The average Bonchev–Trinajstić information content (AvgIpc) is 3.37. The first-order valence-electron chi connectivity index (χ1n) is 12.1. The summed E-state index contributed by atoms with van der Waals surface area (Å²) in [6, 6.07) is 0. The van der Waals surface area contributed by atoms with Crippen molar-refractivity contribution in [2.75, 3.05) is 0 Å². The monoisotopic (exact) mass is 358 g/mol. The predicted octanol–water partition coefficient (Wildman–Crippen LogP) is 7.33. The molecule has 4 aliphatic carbocycles. The molecule has 0 aromatic carbocycles. The summed E-state index contributed by atoms with van der Waals surface area (Å²) in [5.41, 5.74) is 0.151. The van der Waals surface area contributed by atoms with Gasteiger partial charge >= 0.3 is 0 Å². The maximum Gasteiger partial charge on any atom is 0.145 e. The maximum absolute atomic E-state index is 14.6. The van der Waals surface area contributed by atoms with Gasteiger partial charge in [-0.25, -0.2) is 0 Å². The molecule has 0 bridgehead atoms. The molecule has 0 saturated heterocycles. The van der Waals surface area contributed by atoms with Gasteiger partial charge in [0.1, 0.15) is 5.78 Å². The van der Waals surface area contributed by atoms with Gasteiger partial charge < -0.3 is 0 Å². The van der Waals surface area contributed by atoms with Crippen LogP contribution in [0.5, 0.6) is 0 Å². The smallest absolute Gasteiger partial charge is 0.145 e. The summed E-state index contributed by atoms with van der Waals surface area (Å²) in [5.74, 6) is 3.93. The molecule has 1 heteroatoms. The number of carbonyl (C=O) groups excluding carboxylic acids is 1. The van der Waals surface area contributed by atoms with Crippen LogP contribution in [0.3, 0.4) is 0 Å². The van der Waals surface area contributed by atoms with E-state index < -0.39 is 0 Å². The fourth-order valence-corrected chi connectivity index (χ4v) is 7.65. The molecule has 0 heterocycles. The van der Waals surface area contributed by atoms with E-state index >= 15 is 0 Å². The van der Waals surface area contributed by atoms with Crippen LogP contribution in [0.1, 0.15) is 117 Å². The molecule has 4 saturated carbocycles. The zero-order valence-electron chi connectivity index (χ0n) is 17.5. The van der Waals surface area contributed by atoms with Crippen LogP contribution in [-0.4, -0.2) is 5.78 Å². The summed E-state index contributed by atoms with van der Waals surface area (Å²) >= 11 is 0. The van der Waals surface area contributed by atoms with Crippen molar-refractivity contribution in [3.05, 3.63) is 0 Å². The zero-order valence-corrected chi connectivity index (χ0v) is 17.5. The Morgan fingerprint density at radius 1 is 0.577 bits per heavy atom. The lowest BCUT2D eigenvalue weighted by molar-refractivity contribution is -0.153. The highest BCUT2D eigenvalue weighted by Crippen LogP contribution is 2.60. The van der Waals surface area contributed by atoms with E-state index in [0.29, 0.717) is 0 Å². The van der Waals surface area contributed by atoms with Crippen LogP contribution in [-0.2, 0) is 4.79 Å². The van der Waals surface area contributed by atoms with E-state index in [1.807, 2.05) is 0 Å². The Kier molecular flexibility index (Phi) is 5.55. The van der Waals surface area contributed by atoms with Crippen molar-refractivity contribution < 1.29 is 4.79 Å². The molecule has 4 rings (SSSR count). The van der Waals surface area contributed by atoms with Gasteiger partial charge in [-0.05, 0) is 101 Å². The van der Waals surface area contributed by atoms with Crippen LogP contribution in [0.15, 0.2) is 0 Å². The van der Waals surface area contributed by atoms with Crippen LogP contribution in [0.25, 0.3) is 0 Å². The Morgan fingerprint density at radius 3 is 1.19 bits per heavy atom. The van der Waals surface area contributed by atoms with Gasteiger partial charge in [-0.1, -0.05) is 39.5 Å². The molecule has 0 radical (unpaired) electrons. The molecule has 148 valence electrons. The highest BCUT2D eigenvalue weighted by Gasteiger charge is 2.57. The Hall–Kier alpha value is -0.330. The molecular formula is C25H42O. The Bertz CT molecular complexity index is 434. The second-order valence-electron chi connectivity index (χ2n) is 11.0. The number of Topliss-reactive ketones (excluding diaryl/α,β-unsaturated/α-hetero) is 1. The number of ketones is 1. The van der Waals surface area contributed by atoms with Crippen molar-refractivity contribution in [1.29, 1.82) is 0 Å². The fraction of sp³-hybridized carbons (Fsp3) is 0.960. The lowest BCUT2D eigenvalue weighted by Gasteiger charge is -2.52. The minimum atomic E-state index is 0.0756. The van der Waals surface area contributed by atoms with Crippen molar-refractivity contribution in [3.63, 3.8) is 0 Å². The first-order valence-corrected chi connectivity index (χ1v) is 12.1. The van der Waals surface area contributed by atoms with Gasteiger partial charge in [-0.3, -0.25) is 4.79 Å². The van der Waals surface area contributed by atoms with Gasteiger partial charge in [0.25, 0.3) is 0 Å². The fourth-order valence-electron chi connectivity index (χ4n) is 7.65. The van der Waals surface area contributed by atoms with E-state index in [-0.39, 0.29) is 10.8 Å². The first kappa shape index (κ1) is 19.0. The molecule has 0 atom stereocenters. The Morgan fingerprint density at radius 2 is 0.885 bits per heavy atom. The van der Waals surface area contributed by atoms with Gasteiger partial charge in [0.05, 0.1) is 0 Å². The van der Waals surface area contributed by atoms with Gasteiger partial charge in [0.15, 0.2) is 0 Å². The summed E-state index contributed by atoms with van der Waals surface area (Å²) in [4.78, 5) is 14.6. The molecule has 0 unspecified atom stereocenters. The van der Waals surface area contributed by atoms with Crippen LogP contribution in [0.2, 0.25) is 0 Å². The molecule has 0 aliphatic heterocycles. The number of rotatable bonds is 4. The summed E-state index contributed by atoms with van der Waals surface area (Å²) in [6.07, 6.45) is 21.0. The van der Waals surface area contributed by atoms with E-state index in [1.165, 1.54) is 103 Å². The Labute approximate surface area is 162 Å². The van der Waals surface area contributed by atoms with Crippen molar-refractivity contribution in [3.8, 4) is 0 Å². The molecule has 4 aliphatic rings. The highest BCUT2D eigenvalue weighted by molar-refractivity contribution is 5.91. The van der Waals surface area contributed by atoms with E-state index in [9.17, 15) is 4.79 Å². The Balaban J connectivity index is 1.67. The summed E-state index contributed by atoms with van der Waals surface area (Å²) in [5, 5.41) is 0. The molecule has 0 N–H and O–H groups in total. The second-order valence-corrected chi connectivity index (χ2v) is 11.0. The molecule has 0 amide bonds. The van der Waals surface area contributed by atoms with E-state index in [0.717, 1.165) is 29.5 Å². The maximum atomic E-state index is 14.6. The topological polar surface area (TPSA) is 17.1 Å². The molecule has 0 spiro atoms. The minimum Gasteiger partial charge on any atom is -0.298 e. The number of hydrogen-bond donors (Lipinski definition) is 0. The molecular weight excluding hydrogens is 316 g/mol. The van der Waals surface area contributed by atoms with Crippen LogP contribution in [0, 0.1) is 34.5 Å². The zero-order chi connectivity index (χ0) is 18.2. The van der Waals surface area contributed by atoms with E-state index in [4.69, 9.17) is 0 Å². The van der Waals surface area contributed by atoms with Gasteiger partial charge in [0.2, 0.25) is 0 Å². The van der Waals surface area contributed by atoms with Crippen molar-refractivity contribution in [2.45, 2.75) is 117 Å². The molecule has 1 nitrogen and oxygen atoms in total. The second kappa shape index (κ2) is 7.59. The lowest BCUT2D eigenvalue weighted by atomic mass is 9.50. The summed E-state index contributed by atoms with van der Waals surface area (Å²) < 4.78 is 0. The van der Waals surface area contributed by atoms with Crippen molar-refractivity contribution in [2.24, 2.45) is 34.5 Å². The van der Waals surface area contributed by atoms with Crippen LogP contribution < -0.4 is 0 Å². The summed E-state index contributed by atoms with van der Waals surface area (Å²) in [6.45, 7) is 4.83. The molecule has 0 aromatic rings. The standard InChI is InChI=1S/C25H42O/c1-19-11-15-24(16-12-19,21-7-3-4-8-21)23(26)25(22-9-5-6-10-22)17-13-20(2)14-18-25/h19-22H,3-18H2,1-2H3. The van der Waals surface area contributed by atoms with Crippen molar-refractivity contribution >= 4 is 5.78 Å². The highest BCUT2D eigenvalue weighted by atomic mass is 16.1.